The second-order valence-corrected chi connectivity index (χ2v) is 6.64. The molecule has 0 radical (unpaired) electrons. The van der Waals surface area contributed by atoms with Crippen LogP contribution in [0.25, 0.3) is 0 Å². The van der Waals surface area contributed by atoms with E-state index in [-0.39, 0.29) is 0 Å². The average Bonchev–Trinajstić information content (AvgIpc) is 3.01. The van der Waals surface area contributed by atoms with Crippen molar-refractivity contribution in [3.05, 3.63) is 36.0 Å². The molecule has 1 saturated heterocycles. The van der Waals surface area contributed by atoms with Crippen molar-refractivity contribution in [1.82, 2.24) is 15.0 Å². The van der Waals surface area contributed by atoms with Crippen molar-refractivity contribution in [2.45, 2.75) is 26.8 Å². The first-order valence-electron chi connectivity index (χ1n) is 8.57. The second-order valence-electron chi connectivity index (χ2n) is 6.64. The number of methoxy groups -OCH3 is 1. The molecular formula is C18H26N4O2. The fraction of sp³-hybridized carbons (Fsp3) is 0.556. The van der Waals surface area contributed by atoms with Gasteiger partial charge < -0.3 is 14.2 Å². The largest absolute Gasteiger partial charge is 0.495 e. The van der Waals surface area contributed by atoms with Crippen LogP contribution in [0.15, 0.2) is 28.8 Å². The molecule has 1 aromatic heterocycles. The first-order chi connectivity index (χ1) is 11.7. The Bertz CT molecular complexity index is 648. The molecule has 1 aliphatic heterocycles. The van der Waals surface area contributed by atoms with E-state index in [1.807, 2.05) is 12.1 Å². The van der Waals surface area contributed by atoms with E-state index in [4.69, 9.17) is 9.26 Å². The van der Waals surface area contributed by atoms with E-state index in [2.05, 4.69) is 45.9 Å². The van der Waals surface area contributed by atoms with Crippen LogP contribution in [0.4, 0.5) is 5.69 Å². The van der Waals surface area contributed by atoms with Crippen LogP contribution in [0.5, 0.6) is 5.75 Å². The number of anilines is 1. The number of nitrogens with zero attached hydrogens (tertiary/aromatic N) is 4. The van der Waals surface area contributed by atoms with Crippen LogP contribution in [-0.2, 0) is 13.0 Å². The van der Waals surface area contributed by atoms with Crippen LogP contribution < -0.4 is 9.64 Å². The van der Waals surface area contributed by atoms with Gasteiger partial charge in [-0.25, -0.2) is 0 Å². The Hall–Kier alpha value is -2.08. The molecule has 6 nitrogen and oxygen atoms in total. The lowest BCUT2D eigenvalue weighted by Gasteiger charge is -2.36. The van der Waals surface area contributed by atoms with Crippen LogP contribution in [0.3, 0.4) is 0 Å². The Balaban J connectivity index is 1.54. The minimum atomic E-state index is 0.530. The summed E-state index contributed by atoms with van der Waals surface area (Å²) in [6.45, 7) is 8.95. The molecule has 1 aromatic carbocycles. The van der Waals surface area contributed by atoms with E-state index in [1.165, 1.54) is 5.69 Å². The third kappa shape index (κ3) is 4.06. The zero-order valence-electron chi connectivity index (χ0n) is 14.7. The van der Waals surface area contributed by atoms with E-state index in [9.17, 15) is 0 Å². The van der Waals surface area contributed by atoms with E-state index < -0.39 is 0 Å². The highest BCUT2D eigenvalue weighted by Crippen LogP contribution is 2.28. The molecule has 0 bridgehead atoms. The first kappa shape index (κ1) is 16.8. The van der Waals surface area contributed by atoms with E-state index in [1.54, 1.807) is 7.11 Å². The molecule has 130 valence electrons. The molecule has 0 atom stereocenters. The smallest absolute Gasteiger partial charge is 0.226 e. The van der Waals surface area contributed by atoms with Gasteiger partial charge in [-0.3, -0.25) is 4.90 Å². The maximum Gasteiger partial charge on any atom is 0.226 e. The number of para-hydroxylation sites is 2. The van der Waals surface area contributed by atoms with Gasteiger partial charge in [0.25, 0.3) is 0 Å². The maximum atomic E-state index is 5.47. The predicted octanol–water partition coefficient (Wildman–Crippen LogP) is 2.60. The average molecular weight is 330 g/mol. The van der Waals surface area contributed by atoms with Crippen molar-refractivity contribution >= 4 is 5.69 Å². The molecule has 0 unspecified atom stereocenters. The van der Waals surface area contributed by atoms with Crippen LogP contribution in [0.1, 0.15) is 25.6 Å². The molecule has 0 saturated carbocycles. The zero-order valence-corrected chi connectivity index (χ0v) is 14.7. The number of hydrogen-bond acceptors (Lipinski definition) is 6. The molecule has 6 heteroatoms. The summed E-state index contributed by atoms with van der Waals surface area (Å²) in [5.74, 6) is 2.99. The van der Waals surface area contributed by atoms with Gasteiger partial charge in [-0.15, -0.1) is 0 Å². The van der Waals surface area contributed by atoms with Crippen molar-refractivity contribution in [3.63, 3.8) is 0 Å². The van der Waals surface area contributed by atoms with Crippen molar-refractivity contribution in [1.29, 1.82) is 0 Å². The van der Waals surface area contributed by atoms with Crippen LogP contribution >= 0.6 is 0 Å². The minimum Gasteiger partial charge on any atom is -0.495 e. The summed E-state index contributed by atoms with van der Waals surface area (Å²) in [5.41, 5.74) is 1.17. The van der Waals surface area contributed by atoms with E-state index >= 15 is 0 Å². The van der Waals surface area contributed by atoms with Crippen LogP contribution in [-0.4, -0.2) is 48.3 Å². The summed E-state index contributed by atoms with van der Waals surface area (Å²) < 4.78 is 10.8. The molecule has 1 fully saturated rings. The third-order valence-corrected chi connectivity index (χ3v) is 4.26. The monoisotopic (exact) mass is 330 g/mol. The Morgan fingerprint density at radius 3 is 2.62 bits per heavy atom. The van der Waals surface area contributed by atoms with Gasteiger partial charge >= 0.3 is 0 Å². The number of aromatic nitrogens is 2. The zero-order chi connectivity index (χ0) is 16.9. The second kappa shape index (κ2) is 7.66. The maximum absolute atomic E-state index is 5.47. The topological polar surface area (TPSA) is 54.6 Å². The molecule has 0 amide bonds. The standard InChI is InChI=1S/C18H26N4O2/c1-14(2)12-18-19-17(20-24-18)13-21-8-10-22(11-9-21)15-6-4-5-7-16(15)23-3/h4-7,14H,8-13H2,1-3H3. The summed E-state index contributed by atoms with van der Waals surface area (Å²) in [7, 11) is 1.72. The van der Waals surface area contributed by atoms with Gasteiger partial charge in [-0.05, 0) is 18.1 Å². The number of rotatable bonds is 6. The molecule has 0 N–H and O–H groups in total. The molecule has 3 rings (SSSR count). The minimum absolute atomic E-state index is 0.530. The molecule has 2 aromatic rings. The van der Waals surface area contributed by atoms with E-state index in [0.29, 0.717) is 5.92 Å². The van der Waals surface area contributed by atoms with Crippen molar-refractivity contribution in [2.75, 3.05) is 38.2 Å². The Labute approximate surface area is 143 Å². The van der Waals surface area contributed by atoms with Crippen LogP contribution in [0.2, 0.25) is 0 Å². The lowest BCUT2D eigenvalue weighted by atomic mass is 10.1. The normalized spacial score (nSPS) is 15.9. The molecular weight excluding hydrogens is 304 g/mol. The molecule has 0 spiro atoms. The number of ether oxygens (including phenoxy) is 1. The number of hydrogen-bond donors (Lipinski definition) is 0. The van der Waals surface area contributed by atoms with Gasteiger partial charge in [0.05, 0.1) is 19.3 Å². The quantitative estimate of drug-likeness (QED) is 0.811. The summed E-state index contributed by atoms with van der Waals surface area (Å²) in [4.78, 5) is 9.24. The predicted molar refractivity (Wildman–Crippen MR) is 93.3 cm³/mol. The highest BCUT2D eigenvalue weighted by Gasteiger charge is 2.21. The first-order valence-corrected chi connectivity index (χ1v) is 8.57. The van der Waals surface area contributed by atoms with Gasteiger partial charge in [0.15, 0.2) is 5.82 Å². The van der Waals surface area contributed by atoms with Gasteiger partial charge in [-0.1, -0.05) is 31.1 Å². The molecule has 24 heavy (non-hydrogen) atoms. The highest BCUT2D eigenvalue weighted by molar-refractivity contribution is 5.58. The van der Waals surface area contributed by atoms with Gasteiger partial charge in [0, 0.05) is 32.6 Å². The third-order valence-electron chi connectivity index (χ3n) is 4.26. The summed E-state index contributed by atoms with van der Waals surface area (Å²) in [6, 6.07) is 8.19. The Morgan fingerprint density at radius 1 is 1.17 bits per heavy atom. The summed E-state index contributed by atoms with van der Waals surface area (Å²) in [5, 5.41) is 4.11. The van der Waals surface area contributed by atoms with E-state index in [0.717, 1.165) is 56.6 Å². The Morgan fingerprint density at radius 2 is 1.92 bits per heavy atom. The van der Waals surface area contributed by atoms with Crippen LogP contribution in [0, 0.1) is 5.92 Å². The SMILES string of the molecule is COc1ccccc1N1CCN(Cc2noc(CC(C)C)n2)CC1. The summed E-state index contributed by atoms with van der Waals surface area (Å²) >= 11 is 0. The number of benzene rings is 1. The molecule has 0 aliphatic carbocycles. The number of piperazine rings is 1. The fourth-order valence-corrected chi connectivity index (χ4v) is 3.02. The molecule has 1 aliphatic rings. The van der Waals surface area contributed by atoms with Crippen molar-refractivity contribution < 1.29 is 9.26 Å². The van der Waals surface area contributed by atoms with Gasteiger partial charge in [0.2, 0.25) is 5.89 Å². The van der Waals surface area contributed by atoms with Crippen molar-refractivity contribution in [3.8, 4) is 5.75 Å². The Kier molecular flexibility index (Phi) is 5.35. The van der Waals surface area contributed by atoms with Gasteiger partial charge in [0.1, 0.15) is 5.75 Å². The summed E-state index contributed by atoms with van der Waals surface area (Å²) in [6.07, 6.45) is 0.842. The lowest BCUT2D eigenvalue weighted by Crippen LogP contribution is -2.46. The fourth-order valence-electron chi connectivity index (χ4n) is 3.02. The lowest BCUT2D eigenvalue weighted by molar-refractivity contribution is 0.239. The van der Waals surface area contributed by atoms with Crippen molar-refractivity contribution in [2.24, 2.45) is 5.92 Å². The van der Waals surface area contributed by atoms with Gasteiger partial charge in [-0.2, -0.15) is 4.98 Å². The highest BCUT2D eigenvalue weighted by atomic mass is 16.5. The molecule has 2 heterocycles.